The van der Waals surface area contributed by atoms with Crippen molar-refractivity contribution in [2.24, 2.45) is 0 Å². The van der Waals surface area contributed by atoms with Crippen LogP contribution in [0.1, 0.15) is 12.8 Å². The third-order valence-electron chi connectivity index (χ3n) is 2.66. The number of anilines is 1. The summed E-state index contributed by atoms with van der Waals surface area (Å²) in [6.07, 6.45) is 7.56. The zero-order valence-electron chi connectivity index (χ0n) is 9.27. The van der Waals surface area contributed by atoms with Crippen LogP contribution in [0, 0.1) is 0 Å². The summed E-state index contributed by atoms with van der Waals surface area (Å²) in [6, 6.07) is 0.280. The Morgan fingerprint density at radius 1 is 1.53 bits per heavy atom. The Morgan fingerprint density at radius 3 is 2.88 bits per heavy atom. The van der Waals surface area contributed by atoms with Crippen LogP contribution >= 0.6 is 11.6 Å². The molecule has 0 amide bonds. The van der Waals surface area contributed by atoms with Crippen LogP contribution < -0.4 is 10.9 Å². The van der Waals surface area contributed by atoms with Crippen LogP contribution in [0.25, 0.3) is 0 Å². The van der Waals surface area contributed by atoms with Crippen LogP contribution in [0.2, 0.25) is 5.02 Å². The first-order valence-electron chi connectivity index (χ1n) is 5.50. The summed E-state index contributed by atoms with van der Waals surface area (Å²) < 4.78 is 1.15. The second-order valence-corrected chi connectivity index (χ2v) is 4.29. The number of nitrogens with zero attached hydrogens (tertiary/aromatic N) is 2. The summed E-state index contributed by atoms with van der Waals surface area (Å²) >= 11 is 5.97. The van der Waals surface area contributed by atoms with Gasteiger partial charge in [0.2, 0.25) is 0 Å². The maximum Gasteiger partial charge on any atom is 0.287 e. The van der Waals surface area contributed by atoms with Crippen LogP contribution in [0.15, 0.2) is 23.1 Å². The molecule has 0 spiro atoms. The minimum absolute atomic E-state index is 0.125. The number of hydrogen-bond acceptors (Lipinski definition) is 4. The second kappa shape index (κ2) is 5.33. The predicted octanol–water partition coefficient (Wildman–Crippen LogP) is 1.02. The number of halogens is 1. The summed E-state index contributed by atoms with van der Waals surface area (Å²) in [5, 5.41) is 16.0. The second-order valence-electron chi connectivity index (χ2n) is 3.91. The van der Waals surface area contributed by atoms with Gasteiger partial charge in [0.05, 0.1) is 25.0 Å². The third-order valence-corrected chi connectivity index (χ3v) is 3.03. The van der Waals surface area contributed by atoms with E-state index in [0.717, 1.165) is 17.5 Å². The molecule has 0 aliphatic heterocycles. The molecular formula is C11H14ClN3O2. The van der Waals surface area contributed by atoms with Crippen molar-refractivity contribution in [1.29, 1.82) is 0 Å². The molecule has 2 N–H and O–H groups in total. The van der Waals surface area contributed by atoms with Crippen LogP contribution in [-0.4, -0.2) is 27.5 Å². The van der Waals surface area contributed by atoms with Crippen molar-refractivity contribution in [3.8, 4) is 0 Å². The van der Waals surface area contributed by atoms with Crippen molar-refractivity contribution < 1.29 is 5.11 Å². The molecule has 6 heteroatoms. The van der Waals surface area contributed by atoms with Gasteiger partial charge in [0, 0.05) is 6.04 Å². The summed E-state index contributed by atoms with van der Waals surface area (Å²) in [6.45, 7) is 0.0202. The summed E-state index contributed by atoms with van der Waals surface area (Å²) in [7, 11) is 0. The molecule has 1 aliphatic carbocycles. The smallest absolute Gasteiger partial charge is 0.287 e. The third kappa shape index (κ3) is 2.68. The highest BCUT2D eigenvalue weighted by Gasteiger charge is 2.14. The molecule has 1 aliphatic rings. The van der Waals surface area contributed by atoms with Gasteiger partial charge >= 0.3 is 0 Å². The van der Waals surface area contributed by atoms with Crippen molar-refractivity contribution in [1.82, 2.24) is 9.78 Å². The van der Waals surface area contributed by atoms with Crippen molar-refractivity contribution >= 4 is 17.3 Å². The largest absolute Gasteiger partial charge is 0.394 e. The lowest BCUT2D eigenvalue weighted by molar-refractivity contribution is 0.266. The molecular weight excluding hydrogens is 242 g/mol. The minimum atomic E-state index is -0.378. The molecule has 17 heavy (non-hydrogen) atoms. The highest BCUT2D eigenvalue weighted by molar-refractivity contribution is 6.32. The zero-order valence-corrected chi connectivity index (χ0v) is 10.0. The zero-order chi connectivity index (χ0) is 12.3. The fourth-order valence-electron chi connectivity index (χ4n) is 1.77. The molecule has 0 radical (unpaired) electrons. The SMILES string of the molecule is O=c1c(Cl)c(NC2CC=CC2)cnn1CCO. The van der Waals surface area contributed by atoms with E-state index < -0.39 is 0 Å². The lowest BCUT2D eigenvalue weighted by Crippen LogP contribution is -2.27. The summed E-state index contributed by atoms with van der Waals surface area (Å²) in [5.41, 5.74) is 0.177. The molecule has 0 fully saturated rings. The van der Waals surface area contributed by atoms with E-state index in [2.05, 4.69) is 22.6 Å². The molecule has 0 unspecified atom stereocenters. The van der Waals surface area contributed by atoms with Gasteiger partial charge < -0.3 is 10.4 Å². The van der Waals surface area contributed by atoms with Crippen LogP contribution in [-0.2, 0) is 6.54 Å². The van der Waals surface area contributed by atoms with Crippen molar-refractivity contribution in [2.45, 2.75) is 25.4 Å². The van der Waals surface area contributed by atoms with E-state index in [-0.39, 0.29) is 29.8 Å². The highest BCUT2D eigenvalue weighted by Crippen LogP contribution is 2.20. The first-order valence-corrected chi connectivity index (χ1v) is 5.88. The fourth-order valence-corrected chi connectivity index (χ4v) is 1.98. The molecule has 0 aromatic carbocycles. The van der Waals surface area contributed by atoms with Gasteiger partial charge in [-0.1, -0.05) is 23.8 Å². The molecule has 1 aromatic heterocycles. The van der Waals surface area contributed by atoms with Gasteiger partial charge in [-0.25, -0.2) is 4.68 Å². The van der Waals surface area contributed by atoms with E-state index in [4.69, 9.17) is 16.7 Å². The lowest BCUT2D eigenvalue weighted by atomic mass is 10.2. The summed E-state index contributed by atoms with van der Waals surface area (Å²) in [5.74, 6) is 0. The fraction of sp³-hybridized carbons (Fsp3) is 0.455. The van der Waals surface area contributed by atoms with Gasteiger partial charge in [-0.15, -0.1) is 0 Å². The van der Waals surface area contributed by atoms with Gasteiger partial charge in [-0.2, -0.15) is 5.10 Å². The Hall–Kier alpha value is -1.33. The maximum atomic E-state index is 11.8. The Bertz CT molecular complexity index is 476. The van der Waals surface area contributed by atoms with E-state index >= 15 is 0 Å². The van der Waals surface area contributed by atoms with E-state index in [9.17, 15) is 4.79 Å². The number of rotatable bonds is 4. The molecule has 1 aromatic rings. The van der Waals surface area contributed by atoms with Crippen molar-refractivity contribution in [2.75, 3.05) is 11.9 Å². The number of aromatic nitrogens is 2. The van der Waals surface area contributed by atoms with Crippen molar-refractivity contribution in [3.05, 3.63) is 33.7 Å². The number of aliphatic hydroxyl groups excluding tert-OH is 1. The predicted molar refractivity (Wildman–Crippen MR) is 66.4 cm³/mol. The molecule has 0 bridgehead atoms. The van der Waals surface area contributed by atoms with Gasteiger partial charge in [0.25, 0.3) is 5.56 Å². The van der Waals surface area contributed by atoms with E-state index in [1.54, 1.807) is 0 Å². The molecule has 0 atom stereocenters. The average molecular weight is 256 g/mol. The quantitative estimate of drug-likeness (QED) is 0.789. The van der Waals surface area contributed by atoms with Gasteiger partial charge in [-0.05, 0) is 12.8 Å². The van der Waals surface area contributed by atoms with Gasteiger partial charge in [0.1, 0.15) is 5.02 Å². The Balaban J connectivity index is 2.18. The number of hydrogen-bond donors (Lipinski definition) is 2. The maximum absolute atomic E-state index is 11.8. The monoisotopic (exact) mass is 255 g/mol. The van der Waals surface area contributed by atoms with Crippen molar-refractivity contribution in [3.63, 3.8) is 0 Å². The molecule has 0 saturated carbocycles. The normalized spacial score (nSPS) is 15.4. The first-order chi connectivity index (χ1) is 8.22. The van der Waals surface area contributed by atoms with Crippen LogP contribution in [0.3, 0.4) is 0 Å². The Morgan fingerprint density at radius 2 is 2.24 bits per heavy atom. The topological polar surface area (TPSA) is 67.2 Å². The van der Waals surface area contributed by atoms with Gasteiger partial charge in [-0.3, -0.25) is 4.79 Å². The number of nitrogens with one attached hydrogen (secondary N) is 1. The molecule has 1 heterocycles. The molecule has 92 valence electrons. The standard InChI is InChI=1S/C11H14ClN3O2/c12-10-9(14-8-3-1-2-4-8)7-13-15(5-6-16)11(10)17/h1-2,7-8,14,16H,3-6H2. The van der Waals surface area contributed by atoms with Gasteiger partial charge in [0.15, 0.2) is 0 Å². The summed E-state index contributed by atoms with van der Waals surface area (Å²) in [4.78, 5) is 11.8. The number of aliphatic hydroxyl groups is 1. The molecule has 2 rings (SSSR count). The van der Waals surface area contributed by atoms with E-state index in [0.29, 0.717) is 5.69 Å². The highest BCUT2D eigenvalue weighted by atomic mass is 35.5. The van der Waals surface area contributed by atoms with Crippen LogP contribution in [0.4, 0.5) is 5.69 Å². The Kier molecular flexibility index (Phi) is 3.81. The lowest BCUT2D eigenvalue weighted by Gasteiger charge is -2.14. The average Bonchev–Trinajstić information content (AvgIpc) is 2.82. The molecule has 5 nitrogen and oxygen atoms in total. The van der Waals surface area contributed by atoms with Crippen LogP contribution in [0.5, 0.6) is 0 Å². The Labute approximate surface area is 104 Å². The first kappa shape index (κ1) is 12.1. The molecule has 0 saturated heterocycles. The minimum Gasteiger partial charge on any atom is -0.394 e. The van der Waals surface area contributed by atoms with E-state index in [1.165, 1.54) is 6.20 Å². The van der Waals surface area contributed by atoms with E-state index in [1.807, 2.05) is 0 Å².